The van der Waals surface area contributed by atoms with Gasteiger partial charge in [0.1, 0.15) is 5.75 Å². The Bertz CT molecular complexity index is 868. The molecule has 1 aromatic heterocycles. The van der Waals surface area contributed by atoms with Gasteiger partial charge in [0, 0.05) is 6.20 Å². The molecule has 126 valence electrons. The molecule has 1 aliphatic heterocycles. The van der Waals surface area contributed by atoms with E-state index in [0.29, 0.717) is 21.9 Å². The van der Waals surface area contributed by atoms with E-state index in [0.717, 1.165) is 16.8 Å². The van der Waals surface area contributed by atoms with Gasteiger partial charge < -0.3 is 4.74 Å². The van der Waals surface area contributed by atoms with Crippen molar-refractivity contribution in [1.82, 2.24) is 15.4 Å². The standard InChI is InChI=1S/C17H13N3O3S2/c1-23-13-8-3-2-7-12(13)15(21)19-20-16(22)14(25-17(20)24)10-11-6-4-5-9-18-11/h2-10H,1H3,(H,19,21)/b14-10-. The van der Waals surface area contributed by atoms with Gasteiger partial charge in [0.25, 0.3) is 11.8 Å². The summed E-state index contributed by atoms with van der Waals surface area (Å²) < 4.78 is 5.41. The van der Waals surface area contributed by atoms with Crippen LogP contribution < -0.4 is 10.2 Å². The maximum atomic E-state index is 12.5. The van der Waals surface area contributed by atoms with Crippen molar-refractivity contribution in [2.45, 2.75) is 0 Å². The summed E-state index contributed by atoms with van der Waals surface area (Å²) in [6.45, 7) is 0. The summed E-state index contributed by atoms with van der Waals surface area (Å²) in [6, 6.07) is 12.1. The lowest BCUT2D eigenvalue weighted by atomic mass is 10.2. The number of ether oxygens (including phenoxy) is 1. The minimum atomic E-state index is -0.479. The molecule has 1 saturated heterocycles. The molecule has 8 heteroatoms. The molecule has 0 unspecified atom stereocenters. The molecule has 0 saturated carbocycles. The van der Waals surface area contributed by atoms with E-state index in [9.17, 15) is 9.59 Å². The number of benzene rings is 1. The van der Waals surface area contributed by atoms with Crippen LogP contribution in [0.5, 0.6) is 5.75 Å². The van der Waals surface area contributed by atoms with Crippen molar-refractivity contribution in [2.75, 3.05) is 7.11 Å². The second-order valence-corrected chi connectivity index (χ2v) is 6.59. The number of nitrogens with one attached hydrogen (secondary N) is 1. The molecule has 0 bridgehead atoms. The zero-order valence-electron chi connectivity index (χ0n) is 13.1. The number of hydrogen-bond donors (Lipinski definition) is 1. The van der Waals surface area contributed by atoms with Crippen LogP contribution in [-0.2, 0) is 4.79 Å². The number of carbonyl (C=O) groups excluding carboxylic acids is 2. The summed E-state index contributed by atoms with van der Waals surface area (Å²) in [5, 5.41) is 1.06. The van der Waals surface area contributed by atoms with Crippen LogP contribution >= 0.6 is 24.0 Å². The molecule has 0 aliphatic carbocycles. The van der Waals surface area contributed by atoms with Crippen LogP contribution in [0.1, 0.15) is 16.1 Å². The van der Waals surface area contributed by atoms with Gasteiger partial charge >= 0.3 is 0 Å². The summed E-state index contributed by atoms with van der Waals surface area (Å²) in [7, 11) is 1.47. The highest BCUT2D eigenvalue weighted by molar-refractivity contribution is 8.26. The van der Waals surface area contributed by atoms with Crippen LogP contribution in [0.25, 0.3) is 6.08 Å². The number of amides is 2. The first kappa shape index (κ1) is 17.1. The first-order chi connectivity index (χ1) is 12.1. The van der Waals surface area contributed by atoms with Gasteiger partial charge in [-0.3, -0.25) is 20.0 Å². The van der Waals surface area contributed by atoms with E-state index in [2.05, 4.69) is 10.4 Å². The molecule has 0 radical (unpaired) electrons. The number of rotatable bonds is 4. The Labute approximate surface area is 153 Å². The Morgan fingerprint density at radius 2 is 2.04 bits per heavy atom. The van der Waals surface area contributed by atoms with E-state index in [1.807, 2.05) is 6.07 Å². The smallest absolute Gasteiger partial charge is 0.285 e. The maximum absolute atomic E-state index is 12.5. The molecule has 2 aromatic rings. The third-order valence-electron chi connectivity index (χ3n) is 3.33. The van der Waals surface area contributed by atoms with Gasteiger partial charge in [-0.05, 0) is 42.6 Å². The zero-order chi connectivity index (χ0) is 17.8. The predicted octanol–water partition coefficient (Wildman–Crippen LogP) is 2.64. The van der Waals surface area contributed by atoms with Crippen molar-refractivity contribution in [2.24, 2.45) is 0 Å². The average molecular weight is 371 g/mol. The molecule has 1 fully saturated rings. The summed E-state index contributed by atoms with van der Waals surface area (Å²) in [5.41, 5.74) is 3.48. The van der Waals surface area contributed by atoms with Crippen LogP contribution in [0.3, 0.4) is 0 Å². The molecule has 3 rings (SSSR count). The lowest BCUT2D eigenvalue weighted by Crippen LogP contribution is -2.44. The Kier molecular flexibility index (Phi) is 5.11. The number of aromatic nitrogens is 1. The number of para-hydroxylation sites is 1. The zero-order valence-corrected chi connectivity index (χ0v) is 14.8. The molecular formula is C17H13N3O3S2. The highest BCUT2D eigenvalue weighted by Gasteiger charge is 2.34. The molecule has 0 spiro atoms. The lowest BCUT2D eigenvalue weighted by Gasteiger charge is -2.16. The van der Waals surface area contributed by atoms with Crippen LogP contribution in [0.4, 0.5) is 0 Å². The molecule has 2 amide bonds. The van der Waals surface area contributed by atoms with E-state index in [1.165, 1.54) is 7.11 Å². The molecule has 0 atom stereocenters. The first-order valence-corrected chi connectivity index (χ1v) is 8.45. The van der Waals surface area contributed by atoms with Gasteiger partial charge in [-0.2, -0.15) is 5.01 Å². The van der Waals surface area contributed by atoms with Crippen LogP contribution in [0.15, 0.2) is 53.6 Å². The summed E-state index contributed by atoms with van der Waals surface area (Å²) >= 11 is 6.31. The van der Waals surface area contributed by atoms with Crippen molar-refractivity contribution in [3.63, 3.8) is 0 Å². The normalized spacial score (nSPS) is 15.6. The number of hydrogen-bond acceptors (Lipinski definition) is 6. The van der Waals surface area contributed by atoms with Crippen molar-refractivity contribution in [3.8, 4) is 5.75 Å². The van der Waals surface area contributed by atoms with E-state index < -0.39 is 11.8 Å². The summed E-state index contributed by atoms with van der Waals surface area (Å²) in [6.07, 6.45) is 3.27. The van der Waals surface area contributed by atoms with E-state index >= 15 is 0 Å². The van der Waals surface area contributed by atoms with Crippen molar-refractivity contribution in [3.05, 3.63) is 64.8 Å². The molecule has 25 heavy (non-hydrogen) atoms. The van der Waals surface area contributed by atoms with Gasteiger partial charge in [-0.15, -0.1) is 0 Å². The monoisotopic (exact) mass is 371 g/mol. The molecule has 2 heterocycles. The van der Waals surface area contributed by atoms with E-state index in [4.69, 9.17) is 17.0 Å². The Morgan fingerprint density at radius 3 is 2.76 bits per heavy atom. The SMILES string of the molecule is COc1ccccc1C(=O)NN1C(=O)/C(=C/c2ccccn2)SC1=S. The minimum Gasteiger partial charge on any atom is -0.496 e. The fraction of sp³-hybridized carbons (Fsp3) is 0.0588. The second-order valence-electron chi connectivity index (χ2n) is 4.91. The van der Waals surface area contributed by atoms with E-state index in [-0.39, 0.29) is 4.32 Å². The number of thioether (sulfide) groups is 1. The molecule has 1 N–H and O–H groups in total. The fourth-order valence-electron chi connectivity index (χ4n) is 2.15. The number of methoxy groups -OCH3 is 1. The highest BCUT2D eigenvalue weighted by atomic mass is 32.2. The third-order valence-corrected chi connectivity index (χ3v) is 4.63. The number of pyridine rings is 1. The van der Waals surface area contributed by atoms with Gasteiger partial charge in [0.2, 0.25) is 0 Å². The van der Waals surface area contributed by atoms with Crippen molar-refractivity contribution in [1.29, 1.82) is 0 Å². The fourth-order valence-corrected chi connectivity index (χ4v) is 3.32. The number of thiocarbonyl (C=S) groups is 1. The summed E-state index contributed by atoms with van der Waals surface area (Å²) in [5.74, 6) is -0.466. The van der Waals surface area contributed by atoms with Gasteiger partial charge in [0.15, 0.2) is 4.32 Å². The largest absolute Gasteiger partial charge is 0.496 e. The minimum absolute atomic E-state index is 0.246. The maximum Gasteiger partial charge on any atom is 0.285 e. The Morgan fingerprint density at radius 1 is 1.28 bits per heavy atom. The Hall–Kier alpha value is -2.71. The van der Waals surface area contributed by atoms with Crippen molar-refractivity contribution >= 4 is 46.2 Å². The van der Waals surface area contributed by atoms with Gasteiger partial charge in [-0.1, -0.05) is 30.0 Å². The summed E-state index contributed by atoms with van der Waals surface area (Å²) in [4.78, 5) is 29.5. The number of carbonyl (C=O) groups is 2. The molecule has 1 aromatic carbocycles. The predicted molar refractivity (Wildman–Crippen MR) is 99.7 cm³/mol. The average Bonchev–Trinajstić information content (AvgIpc) is 2.90. The van der Waals surface area contributed by atoms with Crippen LogP contribution in [0, 0.1) is 0 Å². The van der Waals surface area contributed by atoms with Crippen LogP contribution in [-0.4, -0.2) is 33.2 Å². The molecular weight excluding hydrogens is 358 g/mol. The van der Waals surface area contributed by atoms with Crippen LogP contribution in [0.2, 0.25) is 0 Å². The number of nitrogens with zero attached hydrogens (tertiary/aromatic N) is 2. The van der Waals surface area contributed by atoms with Crippen molar-refractivity contribution < 1.29 is 14.3 Å². The highest BCUT2D eigenvalue weighted by Crippen LogP contribution is 2.31. The topological polar surface area (TPSA) is 71.5 Å². The van der Waals surface area contributed by atoms with Gasteiger partial charge in [-0.25, -0.2) is 0 Å². The molecule has 6 nitrogen and oxygen atoms in total. The first-order valence-electron chi connectivity index (χ1n) is 7.23. The quantitative estimate of drug-likeness (QED) is 0.658. The second kappa shape index (κ2) is 7.45. The number of hydrazine groups is 1. The third kappa shape index (κ3) is 3.70. The Balaban J connectivity index is 1.79. The van der Waals surface area contributed by atoms with E-state index in [1.54, 1.807) is 48.7 Å². The molecule has 1 aliphatic rings. The lowest BCUT2D eigenvalue weighted by molar-refractivity contribution is -0.123. The van der Waals surface area contributed by atoms with Gasteiger partial charge in [0.05, 0.1) is 23.3 Å².